The third-order valence-electron chi connectivity index (χ3n) is 2.25. The first-order valence-corrected chi connectivity index (χ1v) is 5.67. The number of rotatable bonds is 5. The van der Waals surface area contributed by atoms with Crippen molar-refractivity contribution in [3.8, 4) is 0 Å². The van der Waals surface area contributed by atoms with Crippen LogP contribution in [0.15, 0.2) is 35.9 Å². The number of allylic oxidation sites excluding steroid dienone is 1. The molecule has 1 atom stereocenters. The molecule has 1 N–H and O–H groups in total. The highest BCUT2D eigenvalue weighted by atomic mass is 35.5. The van der Waals surface area contributed by atoms with Crippen LogP contribution < -0.4 is 0 Å². The van der Waals surface area contributed by atoms with Gasteiger partial charge in [-0.2, -0.15) is 0 Å². The van der Waals surface area contributed by atoms with Crippen molar-refractivity contribution in [2.45, 2.75) is 12.8 Å². The van der Waals surface area contributed by atoms with Gasteiger partial charge < -0.3 is 5.11 Å². The molecule has 1 unspecified atom stereocenters. The summed E-state index contributed by atoms with van der Waals surface area (Å²) in [5.41, 5.74) is 2.30. The smallest absolute Gasteiger partial charge is 0.307 e. The summed E-state index contributed by atoms with van der Waals surface area (Å²) in [6.07, 6.45) is 2.56. The molecule has 0 bridgehead atoms. The van der Waals surface area contributed by atoms with E-state index in [9.17, 15) is 4.79 Å². The number of carboxylic acids is 1. The van der Waals surface area contributed by atoms with Crippen molar-refractivity contribution < 1.29 is 9.90 Å². The molecule has 2 nitrogen and oxygen atoms in total. The van der Waals surface area contributed by atoms with E-state index in [2.05, 4.69) is 0 Å². The number of hydrogen-bond acceptors (Lipinski definition) is 1. The molecule has 0 aliphatic rings. The third-order valence-corrected chi connectivity index (χ3v) is 2.68. The summed E-state index contributed by atoms with van der Waals surface area (Å²) in [4.78, 5) is 11.0. The van der Waals surface area contributed by atoms with Gasteiger partial charge in [0.05, 0.1) is 5.92 Å². The second-order valence-corrected chi connectivity index (χ2v) is 4.15. The average molecular weight is 259 g/mol. The van der Waals surface area contributed by atoms with Crippen LogP contribution in [0.2, 0.25) is 5.02 Å². The Hall–Kier alpha value is -0.990. The Morgan fingerprint density at radius 3 is 2.50 bits per heavy atom. The van der Waals surface area contributed by atoms with Crippen LogP contribution in [0.25, 0.3) is 0 Å². The van der Waals surface area contributed by atoms with E-state index in [1.165, 1.54) is 5.54 Å². The lowest BCUT2D eigenvalue weighted by Crippen LogP contribution is -2.15. The molecule has 1 aromatic carbocycles. The lowest BCUT2D eigenvalue weighted by atomic mass is 9.96. The first-order chi connectivity index (χ1) is 7.63. The van der Waals surface area contributed by atoms with Gasteiger partial charge in [-0.15, -0.1) is 0 Å². The number of carboxylic acid groups (broad SMARTS) is 1. The lowest BCUT2D eigenvalue weighted by Gasteiger charge is -2.09. The van der Waals surface area contributed by atoms with Gasteiger partial charge in [-0.05, 0) is 30.5 Å². The van der Waals surface area contributed by atoms with E-state index in [-0.39, 0.29) is 0 Å². The normalized spacial score (nSPS) is 12.9. The summed E-state index contributed by atoms with van der Waals surface area (Å²) in [6.45, 7) is 0. The number of hydrogen-bond donors (Lipinski definition) is 1. The lowest BCUT2D eigenvalue weighted by molar-refractivity contribution is -0.141. The molecule has 0 aliphatic carbocycles. The fourth-order valence-electron chi connectivity index (χ4n) is 1.39. The average Bonchev–Trinajstić information content (AvgIpc) is 2.26. The summed E-state index contributed by atoms with van der Waals surface area (Å²) in [5, 5.41) is 9.66. The molecule has 0 saturated heterocycles. The minimum Gasteiger partial charge on any atom is -0.481 e. The maximum absolute atomic E-state index is 11.0. The number of benzene rings is 1. The van der Waals surface area contributed by atoms with Gasteiger partial charge in [0.1, 0.15) is 0 Å². The van der Waals surface area contributed by atoms with Crippen LogP contribution in [0.1, 0.15) is 12.0 Å². The quantitative estimate of drug-likeness (QED) is 0.874. The van der Waals surface area contributed by atoms with Gasteiger partial charge in [0.25, 0.3) is 0 Å². The van der Waals surface area contributed by atoms with Gasteiger partial charge in [0.15, 0.2) is 0 Å². The van der Waals surface area contributed by atoms with E-state index in [1.54, 1.807) is 18.2 Å². The molecule has 4 heteroatoms. The Morgan fingerprint density at radius 2 is 2.00 bits per heavy atom. The van der Waals surface area contributed by atoms with E-state index in [0.717, 1.165) is 5.56 Å². The highest BCUT2D eigenvalue weighted by molar-refractivity contribution is 6.30. The van der Waals surface area contributed by atoms with Crippen LogP contribution in [-0.2, 0) is 11.2 Å². The van der Waals surface area contributed by atoms with Crippen molar-refractivity contribution in [1.29, 1.82) is 0 Å². The van der Waals surface area contributed by atoms with E-state index in [0.29, 0.717) is 17.9 Å². The monoisotopic (exact) mass is 258 g/mol. The van der Waals surface area contributed by atoms with Crippen LogP contribution in [0.4, 0.5) is 0 Å². The molecule has 0 aliphatic heterocycles. The maximum atomic E-state index is 11.0. The van der Waals surface area contributed by atoms with E-state index >= 15 is 0 Å². The van der Waals surface area contributed by atoms with Crippen molar-refractivity contribution in [1.82, 2.24) is 0 Å². The summed E-state index contributed by atoms with van der Waals surface area (Å²) in [6, 6.07) is 7.19. The predicted molar refractivity (Wildman–Crippen MR) is 65.9 cm³/mol. The molecule has 0 heterocycles. The van der Waals surface area contributed by atoms with Crippen molar-refractivity contribution in [2.24, 2.45) is 5.92 Å². The Balaban J connectivity index is 2.67. The first kappa shape index (κ1) is 13.1. The first-order valence-electron chi connectivity index (χ1n) is 4.86. The van der Waals surface area contributed by atoms with Crippen molar-refractivity contribution in [3.05, 3.63) is 46.5 Å². The molecule has 1 aromatic rings. The topological polar surface area (TPSA) is 37.3 Å². The number of halogens is 2. The molecular weight excluding hydrogens is 247 g/mol. The standard InChI is InChI=1S/C12H12Cl2O2/c13-7-1-2-10(12(15)16)8-9-3-5-11(14)6-4-9/h1,3-7,10H,2,8H2,(H,15,16)/b7-1+. The van der Waals surface area contributed by atoms with Gasteiger partial charge in [-0.1, -0.05) is 41.4 Å². The second-order valence-electron chi connectivity index (χ2n) is 3.46. The molecular formula is C12H12Cl2O2. The van der Waals surface area contributed by atoms with Crippen LogP contribution in [-0.4, -0.2) is 11.1 Å². The molecule has 16 heavy (non-hydrogen) atoms. The molecule has 0 radical (unpaired) electrons. The SMILES string of the molecule is O=C(O)C(C/C=C/Cl)Cc1ccc(Cl)cc1. The van der Waals surface area contributed by atoms with Gasteiger partial charge in [0.2, 0.25) is 0 Å². The van der Waals surface area contributed by atoms with E-state index < -0.39 is 11.9 Å². The number of aliphatic carboxylic acids is 1. The zero-order chi connectivity index (χ0) is 12.0. The Bertz CT molecular complexity index is 371. The highest BCUT2D eigenvalue weighted by Crippen LogP contribution is 2.16. The second kappa shape index (κ2) is 6.56. The predicted octanol–water partition coefficient (Wildman–Crippen LogP) is 3.73. The fraction of sp³-hybridized carbons (Fsp3) is 0.250. The Labute approximate surface area is 104 Å². The van der Waals surface area contributed by atoms with Crippen molar-refractivity contribution in [2.75, 3.05) is 0 Å². The third kappa shape index (κ3) is 4.25. The summed E-state index contributed by atoms with van der Waals surface area (Å²) < 4.78 is 0. The molecule has 0 saturated carbocycles. The number of carbonyl (C=O) groups is 1. The summed E-state index contributed by atoms with van der Waals surface area (Å²) >= 11 is 11.1. The van der Waals surface area contributed by atoms with Crippen LogP contribution in [0, 0.1) is 5.92 Å². The fourth-order valence-corrected chi connectivity index (χ4v) is 1.62. The van der Waals surface area contributed by atoms with Gasteiger partial charge >= 0.3 is 5.97 Å². The Morgan fingerprint density at radius 1 is 1.38 bits per heavy atom. The largest absolute Gasteiger partial charge is 0.481 e. The van der Waals surface area contributed by atoms with Crippen LogP contribution in [0.3, 0.4) is 0 Å². The zero-order valence-corrected chi connectivity index (χ0v) is 10.1. The van der Waals surface area contributed by atoms with Crippen LogP contribution in [0.5, 0.6) is 0 Å². The van der Waals surface area contributed by atoms with Gasteiger partial charge in [0, 0.05) is 10.6 Å². The van der Waals surface area contributed by atoms with E-state index in [1.807, 2.05) is 12.1 Å². The summed E-state index contributed by atoms with van der Waals surface area (Å²) in [5.74, 6) is -1.26. The van der Waals surface area contributed by atoms with Gasteiger partial charge in [-0.3, -0.25) is 4.79 Å². The zero-order valence-electron chi connectivity index (χ0n) is 8.57. The Kier molecular flexibility index (Phi) is 5.36. The molecule has 0 fully saturated rings. The minimum atomic E-state index is -0.815. The maximum Gasteiger partial charge on any atom is 0.307 e. The summed E-state index contributed by atoms with van der Waals surface area (Å²) in [7, 11) is 0. The molecule has 0 aromatic heterocycles. The molecule has 0 amide bonds. The molecule has 0 spiro atoms. The van der Waals surface area contributed by atoms with Gasteiger partial charge in [-0.25, -0.2) is 0 Å². The highest BCUT2D eigenvalue weighted by Gasteiger charge is 2.16. The van der Waals surface area contributed by atoms with Crippen molar-refractivity contribution in [3.63, 3.8) is 0 Å². The molecule has 86 valence electrons. The van der Waals surface area contributed by atoms with Crippen LogP contribution >= 0.6 is 23.2 Å². The van der Waals surface area contributed by atoms with E-state index in [4.69, 9.17) is 28.3 Å². The minimum absolute atomic E-state index is 0.432. The van der Waals surface area contributed by atoms with Crippen molar-refractivity contribution >= 4 is 29.2 Å². The molecule has 1 rings (SSSR count).